The van der Waals surface area contributed by atoms with Crippen LogP contribution >= 0.6 is 11.8 Å². The maximum atomic E-state index is 13.3. The Morgan fingerprint density at radius 1 is 1.43 bits per heavy atom. The molecule has 2 heterocycles. The number of alkyl halides is 3. The van der Waals surface area contributed by atoms with E-state index in [2.05, 4.69) is 4.99 Å². The molecule has 0 aromatic heterocycles. The molecule has 0 unspecified atom stereocenters. The highest BCUT2D eigenvalue weighted by Gasteiger charge is 2.68. The highest BCUT2D eigenvalue weighted by molar-refractivity contribution is 8.14. The minimum atomic E-state index is -5.06. The number of amidine groups is 1. The smallest absolute Gasteiger partial charge is 0.442 e. The van der Waals surface area contributed by atoms with E-state index in [1.807, 2.05) is 0 Å². The molecule has 2 rings (SSSR count). The second-order valence-corrected chi connectivity index (χ2v) is 6.60. The summed E-state index contributed by atoms with van der Waals surface area (Å²) < 4.78 is 44.8. The fraction of sp³-hybridized carbons (Fsp3) is 0.727. The number of aliphatic imine (C=N–C) groups is 1. The van der Waals surface area contributed by atoms with Crippen LogP contribution in [-0.4, -0.2) is 51.8 Å². The van der Waals surface area contributed by atoms with Gasteiger partial charge in [-0.05, 0) is 20.8 Å². The summed E-state index contributed by atoms with van der Waals surface area (Å²) in [5, 5.41) is 1.56. The van der Waals surface area contributed by atoms with Crippen molar-refractivity contribution in [3.63, 3.8) is 0 Å². The average Bonchev–Trinajstić information content (AvgIpc) is 2.78. The van der Waals surface area contributed by atoms with E-state index in [9.17, 15) is 22.8 Å². The average molecular weight is 325 g/mol. The predicted molar refractivity (Wildman–Crippen MR) is 69.8 cm³/mol. The summed E-state index contributed by atoms with van der Waals surface area (Å²) in [6.07, 6.45) is -6.40. The fourth-order valence-corrected chi connectivity index (χ4v) is 2.85. The number of nitrogens with one attached hydrogen (secondary N) is 1. The Kier molecular flexibility index (Phi) is 3.63. The van der Waals surface area contributed by atoms with Gasteiger partial charge in [0.2, 0.25) is 0 Å². The van der Waals surface area contributed by atoms with Crippen molar-refractivity contribution < 1.29 is 27.5 Å². The third-order valence-electron chi connectivity index (χ3n) is 2.69. The van der Waals surface area contributed by atoms with E-state index in [-0.39, 0.29) is 11.7 Å². The van der Waals surface area contributed by atoms with Gasteiger partial charge in [-0.2, -0.15) is 13.2 Å². The normalized spacial score (nSPS) is 25.7. The molecular formula is C11H14F3N3O3S. The first kappa shape index (κ1) is 15.9. The molecule has 0 bridgehead atoms. The quantitative estimate of drug-likeness (QED) is 0.797. The molecule has 0 radical (unpaired) electrons. The van der Waals surface area contributed by atoms with E-state index in [1.54, 1.807) is 5.32 Å². The second kappa shape index (κ2) is 4.79. The number of halogens is 3. The Labute approximate surface area is 123 Å². The monoisotopic (exact) mass is 325 g/mol. The van der Waals surface area contributed by atoms with E-state index >= 15 is 0 Å². The molecule has 0 aromatic rings. The molecule has 2 aliphatic rings. The van der Waals surface area contributed by atoms with E-state index < -0.39 is 29.4 Å². The Balaban J connectivity index is 2.31. The van der Waals surface area contributed by atoms with Crippen LogP contribution in [0.15, 0.2) is 4.99 Å². The van der Waals surface area contributed by atoms with Crippen molar-refractivity contribution in [3.8, 4) is 0 Å². The summed E-state index contributed by atoms with van der Waals surface area (Å²) in [4.78, 5) is 28.1. The molecule has 1 atom stereocenters. The molecule has 0 aliphatic carbocycles. The third-order valence-corrected chi connectivity index (χ3v) is 3.64. The molecule has 1 N–H and O–H groups in total. The van der Waals surface area contributed by atoms with Crippen LogP contribution in [0.3, 0.4) is 0 Å². The van der Waals surface area contributed by atoms with Crippen LogP contribution in [0.5, 0.6) is 0 Å². The van der Waals surface area contributed by atoms with E-state index in [1.165, 1.54) is 20.8 Å². The molecule has 2 aliphatic heterocycles. The standard InChI is InChI=1S/C11H14F3N3O3S/c1-9(2,3)20-8(19)16-10(11(12,13)14)6(18)17-4-5-21-7(17)15-10/h4-5H2,1-3H3,(H,16,19)/t10-/m0/s1. The molecule has 6 nitrogen and oxygen atoms in total. The van der Waals surface area contributed by atoms with Gasteiger partial charge >= 0.3 is 17.9 Å². The number of carbonyl (C=O) groups excluding carboxylic acids is 2. The summed E-state index contributed by atoms with van der Waals surface area (Å²) in [7, 11) is 0. The molecule has 10 heteroatoms. The van der Waals surface area contributed by atoms with Crippen LogP contribution in [0, 0.1) is 0 Å². The summed E-state index contributed by atoms with van der Waals surface area (Å²) in [6, 6.07) is 0. The maximum absolute atomic E-state index is 13.3. The molecule has 2 amide bonds. The summed E-state index contributed by atoms with van der Waals surface area (Å²) in [6.45, 7) is 4.64. The molecule has 1 fully saturated rings. The zero-order chi connectivity index (χ0) is 16.1. The Morgan fingerprint density at radius 2 is 2.05 bits per heavy atom. The highest BCUT2D eigenvalue weighted by Crippen LogP contribution is 2.40. The number of nitrogens with zero attached hydrogens (tertiary/aromatic N) is 2. The molecule has 21 heavy (non-hydrogen) atoms. The predicted octanol–water partition coefficient (Wildman–Crippen LogP) is 1.71. The number of fused-ring (bicyclic) bond motifs is 1. The molecule has 1 saturated heterocycles. The third kappa shape index (κ3) is 2.81. The number of alkyl carbamates (subject to hydrolysis) is 1. The number of hydrogen-bond acceptors (Lipinski definition) is 5. The molecular weight excluding hydrogens is 311 g/mol. The first-order chi connectivity index (χ1) is 9.46. The van der Waals surface area contributed by atoms with Gasteiger partial charge in [0, 0.05) is 12.3 Å². The topological polar surface area (TPSA) is 71.0 Å². The first-order valence-electron chi connectivity index (χ1n) is 6.09. The Morgan fingerprint density at radius 3 is 2.52 bits per heavy atom. The van der Waals surface area contributed by atoms with Gasteiger partial charge in [0.15, 0.2) is 5.17 Å². The number of rotatable bonds is 1. The van der Waals surface area contributed by atoms with Crippen LogP contribution in [0.4, 0.5) is 18.0 Å². The van der Waals surface area contributed by atoms with Gasteiger partial charge in [-0.1, -0.05) is 11.8 Å². The van der Waals surface area contributed by atoms with Gasteiger partial charge < -0.3 is 4.74 Å². The lowest BCUT2D eigenvalue weighted by molar-refractivity contribution is -0.197. The van der Waals surface area contributed by atoms with Crippen LogP contribution in [-0.2, 0) is 9.53 Å². The number of amides is 2. The minimum absolute atomic E-state index is 0.0339. The SMILES string of the molecule is CC(C)(C)OC(=O)N[C@@]1(C(F)(F)F)N=C2SCCN2C1=O. The van der Waals surface area contributed by atoms with Crippen LogP contribution in [0.2, 0.25) is 0 Å². The number of carbonyl (C=O) groups is 2. The largest absolute Gasteiger partial charge is 0.444 e. The number of ether oxygens (including phenoxy) is 1. The van der Waals surface area contributed by atoms with Crippen molar-refractivity contribution in [1.82, 2.24) is 10.2 Å². The number of thioether (sulfide) groups is 1. The lowest BCUT2D eigenvalue weighted by Gasteiger charge is -2.30. The molecule has 0 saturated carbocycles. The number of hydrogen-bond donors (Lipinski definition) is 1. The van der Waals surface area contributed by atoms with Gasteiger partial charge in [0.05, 0.1) is 0 Å². The molecule has 0 spiro atoms. The van der Waals surface area contributed by atoms with Gasteiger partial charge in [0.25, 0.3) is 5.91 Å². The Bertz CT molecular complexity index is 515. The molecule has 118 valence electrons. The van der Waals surface area contributed by atoms with Crippen molar-refractivity contribution >= 4 is 28.9 Å². The first-order valence-corrected chi connectivity index (χ1v) is 7.07. The van der Waals surface area contributed by atoms with E-state index in [0.29, 0.717) is 5.75 Å². The van der Waals surface area contributed by atoms with Crippen LogP contribution in [0.25, 0.3) is 0 Å². The van der Waals surface area contributed by atoms with Gasteiger partial charge in [-0.15, -0.1) is 0 Å². The lowest BCUT2D eigenvalue weighted by atomic mass is 10.1. The van der Waals surface area contributed by atoms with E-state index in [4.69, 9.17) is 4.74 Å². The summed E-state index contributed by atoms with van der Waals surface area (Å²) in [5.74, 6) is -0.828. The van der Waals surface area contributed by atoms with Crippen LogP contribution < -0.4 is 5.32 Å². The van der Waals surface area contributed by atoms with Crippen molar-refractivity contribution in [3.05, 3.63) is 0 Å². The van der Waals surface area contributed by atoms with Crippen molar-refractivity contribution in [2.45, 2.75) is 38.2 Å². The highest BCUT2D eigenvalue weighted by atomic mass is 32.2. The second-order valence-electron chi connectivity index (χ2n) is 5.53. The minimum Gasteiger partial charge on any atom is -0.444 e. The van der Waals surface area contributed by atoms with Crippen molar-refractivity contribution in [2.24, 2.45) is 4.99 Å². The van der Waals surface area contributed by atoms with Crippen molar-refractivity contribution in [1.29, 1.82) is 0 Å². The van der Waals surface area contributed by atoms with Crippen LogP contribution in [0.1, 0.15) is 20.8 Å². The van der Waals surface area contributed by atoms with Gasteiger partial charge in [0.1, 0.15) is 5.60 Å². The zero-order valence-corrected chi connectivity index (χ0v) is 12.4. The molecule has 0 aromatic carbocycles. The van der Waals surface area contributed by atoms with Gasteiger partial charge in [-0.25, -0.2) is 9.79 Å². The summed E-state index contributed by atoms with van der Waals surface area (Å²) in [5.41, 5.74) is -4.28. The zero-order valence-electron chi connectivity index (χ0n) is 11.6. The van der Waals surface area contributed by atoms with E-state index in [0.717, 1.165) is 16.7 Å². The fourth-order valence-electron chi connectivity index (χ4n) is 1.86. The Hall–Kier alpha value is -1.45. The summed E-state index contributed by atoms with van der Waals surface area (Å²) >= 11 is 1.04. The maximum Gasteiger partial charge on any atom is 0.442 e. The lowest BCUT2D eigenvalue weighted by Crippen LogP contribution is -2.63. The van der Waals surface area contributed by atoms with Gasteiger partial charge in [-0.3, -0.25) is 15.0 Å². The van der Waals surface area contributed by atoms with Crippen molar-refractivity contribution in [2.75, 3.05) is 12.3 Å².